The monoisotopic (exact) mass is 604 g/mol. The van der Waals surface area contributed by atoms with Gasteiger partial charge in [-0.15, -0.1) is 0 Å². The molecule has 4 aromatic rings. The van der Waals surface area contributed by atoms with Crippen LogP contribution in [-0.4, -0.2) is 26.2 Å². The molecule has 3 heterocycles. The number of anilines is 2. The Morgan fingerprint density at radius 2 is 0.952 bits per heavy atom. The van der Waals surface area contributed by atoms with E-state index in [4.69, 9.17) is 0 Å². The van der Waals surface area contributed by atoms with E-state index in [9.17, 15) is 0 Å². The quantitative estimate of drug-likeness (QED) is 0.126. The van der Waals surface area contributed by atoms with Crippen LogP contribution in [0.1, 0.15) is 35.1 Å². The van der Waals surface area contributed by atoms with Gasteiger partial charge in [-0.1, -0.05) is 0 Å². The van der Waals surface area contributed by atoms with Crippen molar-refractivity contribution in [2.75, 3.05) is 36.0 Å². The standard InChI is InChI=1S/C30H38N8S2.2CH3/c1-21-19-27(23(3)17-25(21)31-33-29-35(5)13-15-39-29)37-9-7-11-38(12-8-10-37)28-20-22(2)26(18-24(28)4)32-34-30-36(6)14-16-40-30;;/h13-20H,7-12H2,1-6H3;2*1H3/q+2;2*-1. The fraction of sp³-hybridized carbons (Fsp3) is 0.375. The van der Waals surface area contributed by atoms with Gasteiger partial charge in [0, 0.05) is 48.3 Å². The third kappa shape index (κ3) is 7.46. The zero-order valence-electron chi connectivity index (χ0n) is 26.3. The molecule has 1 aliphatic rings. The number of benzene rings is 2. The van der Waals surface area contributed by atoms with Crippen LogP contribution in [0.3, 0.4) is 0 Å². The van der Waals surface area contributed by atoms with Crippen LogP contribution in [0.5, 0.6) is 0 Å². The van der Waals surface area contributed by atoms with Crippen molar-refractivity contribution in [1.82, 2.24) is 0 Å². The van der Waals surface area contributed by atoms with E-state index in [1.165, 1.54) is 22.5 Å². The van der Waals surface area contributed by atoms with Gasteiger partial charge in [0.05, 0.1) is 24.3 Å². The van der Waals surface area contributed by atoms with E-state index in [1.807, 2.05) is 46.4 Å². The van der Waals surface area contributed by atoms with E-state index in [-0.39, 0.29) is 14.9 Å². The lowest BCUT2D eigenvalue weighted by atomic mass is 10.0. The van der Waals surface area contributed by atoms with Crippen LogP contribution in [0.2, 0.25) is 0 Å². The summed E-state index contributed by atoms with van der Waals surface area (Å²) in [4.78, 5) is 5.10. The minimum Gasteiger partial charge on any atom is -0.371 e. The molecule has 0 bridgehead atoms. The van der Waals surface area contributed by atoms with Gasteiger partial charge in [0.15, 0.2) is 0 Å². The predicted molar refractivity (Wildman–Crippen MR) is 178 cm³/mol. The first-order valence-electron chi connectivity index (χ1n) is 13.7. The third-order valence-electron chi connectivity index (χ3n) is 7.43. The van der Waals surface area contributed by atoms with Crippen LogP contribution in [0.15, 0.2) is 67.9 Å². The maximum absolute atomic E-state index is 4.56. The summed E-state index contributed by atoms with van der Waals surface area (Å²) in [6.45, 7) is 12.8. The van der Waals surface area contributed by atoms with Gasteiger partial charge in [0.1, 0.15) is 23.8 Å². The average molecular weight is 605 g/mol. The largest absolute Gasteiger partial charge is 0.408 e. The van der Waals surface area contributed by atoms with E-state index in [0.717, 1.165) is 71.8 Å². The van der Waals surface area contributed by atoms with Crippen molar-refractivity contribution in [1.29, 1.82) is 0 Å². The molecule has 1 fully saturated rings. The van der Waals surface area contributed by atoms with Crippen LogP contribution < -0.4 is 18.9 Å². The first-order chi connectivity index (χ1) is 19.3. The van der Waals surface area contributed by atoms with Gasteiger partial charge in [0.25, 0.3) is 0 Å². The van der Waals surface area contributed by atoms with E-state index in [2.05, 4.69) is 82.2 Å². The van der Waals surface area contributed by atoms with Gasteiger partial charge in [-0.2, -0.15) is 0 Å². The molecule has 10 heteroatoms. The summed E-state index contributed by atoms with van der Waals surface area (Å²) in [5, 5.41) is 23.9. The number of hydrogen-bond acceptors (Lipinski definition) is 8. The highest BCUT2D eigenvalue weighted by molar-refractivity contribution is 7.13. The smallest absolute Gasteiger partial charge is 0.371 e. The van der Waals surface area contributed by atoms with Crippen molar-refractivity contribution >= 4 is 55.7 Å². The number of azo groups is 2. The summed E-state index contributed by atoms with van der Waals surface area (Å²) < 4.78 is 3.98. The first-order valence-corrected chi connectivity index (χ1v) is 15.5. The van der Waals surface area contributed by atoms with E-state index in [0.29, 0.717) is 0 Å². The van der Waals surface area contributed by atoms with Gasteiger partial charge in [-0.25, -0.2) is 9.13 Å². The number of aromatic nitrogens is 2. The molecule has 1 aliphatic heterocycles. The highest BCUT2D eigenvalue weighted by atomic mass is 32.1. The zero-order valence-corrected chi connectivity index (χ0v) is 27.9. The molecular formula is C32H44N8S2. The lowest BCUT2D eigenvalue weighted by Gasteiger charge is -2.34. The molecule has 0 spiro atoms. The van der Waals surface area contributed by atoms with E-state index < -0.39 is 0 Å². The molecule has 0 N–H and O–H groups in total. The highest BCUT2D eigenvalue weighted by Gasteiger charge is 2.19. The molecule has 2 aromatic heterocycles. The Morgan fingerprint density at radius 1 is 0.571 bits per heavy atom. The Morgan fingerprint density at radius 3 is 1.29 bits per heavy atom. The molecule has 5 rings (SSSR count). The highest BCUT2D eigenvalue weighted by Crippen LogP contribution is 2.33. The predicted octanol–water partition coefficient (Wildman–Crippen LogP) is 8.53. The van der Waals surface area contributed by atoms with E-state index >= 15 is 0 Å². The Kier molecular flexibility index (Phi) is 11.5. The Hall–Kier alpha value is -3.50. The second-order valence-corrected chi connectivity index (χ2v) is 12.3. The molecule has 224 valence electrons. The third-order valence-corrected chi connectivity index (χ3v) is 9.10. The van der Waals surface area contributed by atoms with Gasteiger partial charge in [-0.05, 0) is 120 Å². The van der Waals surface area contributed by atoms with Crippen molar-refractivity contribution in [2.45, 2.75) is 40.5 Å². The van der Waals surface area contributed by atoms with Crippen LogP contribution in [-0.2, 0) is 14.1 Å². The molecule has 0 radical (unpaired) electrons. The van der Waals surface area contributed by atoms with Crippen molar-refractivity contribution in [3.63, 3.8) is 0 Å². The molecule has 0 atom stereocenters. The number of rotatable bonds is 6. The van der Waals surface area contributed by atoms with Crippen LogP contribution in [0.25, 0.3) is 0 Å². The van der Waals surface area contributed by atoms with Crippen LogP contribution >= 0.6 is 22.7 Å². The lowest BCUT2D eigenvalue weighted by Crippen LogP contribution is -2.37. The molecule has 2 aromatic carbocycles. The summed E-state index contributed by atoms with van der Waals surface area (Å²) in [7, 11) is 3.98. The molecule has 8 nitrogen and oxygen atoms in total. The van der Waals surface area contributed by atoms with Gasteiger partial charge in [0.2, 0.25) is 0 Å². The maximum Gasteiger partial charge on any atom is 0.408 e. The second-order valence-electron chi connectivity index (χ2n) is 10.5. The fourth-order valence-electron chi connectivity index (χ4n) is 5.12. The molecule has 0 saturated carbocycles. The molecule has 0 unspecified atom stereocenters. The number of thiazole rings is 2. The summed E-state index contributed by atoms with van der Waals surface area (Å²) in [5.74, 6) is 0. The van der Waals surface area contributed by atoms with Crippen LogP contribution in [0.4, 0.5) is 33.0 Å². The number of nitrogens with zero attached hydrogens (tertiary/aromatic N) is 8. The van der Waals surface area contributed by atoms with E-state index in [1.54, 1.807) is 22.7 Å². The van der Waals surface area contributed by atoms with Gasteiger partial charge in [-0.3, -0.25) is 0 Å². The average Bonchev–Trinajstić information content (AvgIpc) is 3.52. The minimum absolute atomic E-state index is 0. The lowest BCUT2D eigenvalue weighted by molar-refractivity contribution is -0.654. The zero-order chi connectivity index (χ0) is 28.2. The fourth-order valence-corrected chi connectivity index (χ4v) is 6.48. The molecule has 1 saturated heterocycles. The maximum atomic E-state index is 4.56. The number of aryl methyl sites for hydroxylation is 6. The van der Waals surface area contributed by atoms with Gasteiger partial charge >= 0.3 is 10.3 Å². The SMILES string of the molecule is Cc1cc(N2CCCN(c3cc(C)c(N=Nc4scc[n+]4C)cc3C)CCC2)c(C)cc1N=Nc1scc[n+]1C.[CH3-].[CH3-]. The van der Waals surface area contributed by atoms with Crippen molar-refractivity contribution < 1.29 is 9.13 Å². The second kappa shape index (κ2) is 14.6. The summed E-state index contributed by atoms with van der Waals surface area (Å²) in [6, 6.07) is 8.93. The van der Waals surface area contributed by atoms with Crippen molar-refractivity contribution in [3.8, 4) is 0 Å². The molecule has 0 amide bonds. The Bertz CT molecular complexity index is 1430. The minimum atomic E-state index is 0. The van der Waals surface area contributed by atoms with Gasteiger partial charge < -0.3 is 24.7 Å². The molecule has 0 aliphatic carbocycles. The van der Waals surface area contributed by atoms with Crippen molar-refractivity contribution in [3.05, 3.63) is 84.5 Å². The first kappa shape index (κ1) is 33.0. The summed E-state index contributed by atoms with van der Waals surface area (Å²) in [5.41, 5.74) is 9.31. The molecular weight excluding hydrogens is 561 g/mol. The Labute approximate surface area is 259 Å². The summed E-state index contributed by atoms with van der Waals surface area (Å²) >= 11 is 3.19. The number of hydrogen-bond donors (Lipinski definition) is 0. The van der Waals surface area contributed by atoms with Crippen LogP contribution in [0, 0.1) is 42.5 Å². The summed E-state index contributed by atoms with van der Waals surface area (Å²) in [6.07, 6.45) is 6.20. The Balaban J connectivity index is 0.00000242. The normalized spacial score (nSPS) is 14.1. The van der Waals surface area contributed by atoms with Crippen molar-refractivity contribution in [2.24, 2.45) is 34.6 Å². The topological polar surface area (TPSA) is 63.7 Å². The molecule has 42 heavy (non-hydrogen) atoms.